The lowest BCUT2D eigenvalue weighted by molar-refractivity contribution is 0.0681. The van der Waals surface area contributed by atoms with Crippen LogP contribution in [0.15, 0.2) is 24.3 Å². The first-order chi connectivity index (χ1) is 9.50. The molecule has 0 radical (unpaired) electrons. The number of benzene rings is 1. The summed E-state index contributed by atoms with van der Waals surface area (Å²) in [6, 6.07) is 7.78. The van der Waals surface area contributed by atoms with Crippen molar-refractivity contribution in [3.05, 3.63) is 35.4 Å². The zero-order valence-electron chi connectivity index (χ0n) is 12.1. The second-order valence-corrected chi connectivity index (χ2v) is 6.16. The van der Waals surface area contributed by atoms with E-state index in [0.717, 1.165) is 31.4 Å². The molecular formula is C16H22N2OS. The Morgan fingerprint density at radius 1 is 1.30 bits per heavy atom. The van der Waals surface area contributed by atoms with E-state index in [1.807, 2.05) is 29.2 Å². The molecule has 1 aliphatic rings. The minimum atomic E-state index is -0.0870. The minimum Gasteiger partial charge on any atom is -0.392 e. The van der Waals surface area contributed by atoms with Gasteiger partial charge in [0.25, 0.3) is 5.91 Å². The molecule has 0 spiro atoms. The Labute approximate surface area is 126 Å². The number of piperidine rings is 1. The summed E-state index contributed by atoms with van der Waals surface area (Å²) in [7, 11) is 0. The van der Waals surface area contributed by atoms with E-state index in [0.29, 0.717) is 10.9 Å². The van der Waals surface area contributed by atoms with Gasteiger partial charge in [0.2, 0.25) is 0 Å². The first-order valence-electron chi connectivity index (χ1n) is 7.21. The number of carbonyl (C=O) groups is 1. The van der Waals surface area contributed by atoms with Crippen LogP contribution < -0.4 is 5.73 Å². The summed E-state index contributed by atoms with van der Waals surface area (Å²) >= 11 is 5.10. The van der Waals surface area contributed by atoms with Gasteiger partial charge < -0.3 is 10.6 Å². The summed E-state index contributed by atoms with van der Waals surface area (Å²) in [6.07, 6.45) is 2.98. The Morgan fingerprint density at radius 3 is 2.50 bits per heavy atom. The van der Waals surface area contributed by atoms with Crippen molar-refractivity contribution >= 4 is 23.1 Å². The maximum atomic E-state index is 12.6. The van der Waals surface area contributed by atoms with Crippen molar-refractivity contribution in [1.82, 2.24) is 4.90 Å². The first-order valence-corrected chi connectivity index (χ1v) is 7.61. The lowest BCUT2D eigenvalue weighted by Gasteiger charge is -2.35. The van der Waals surface area contributed by atoms with E-state index in [1.165, 1.54) is 5.56 Å². The summed E-state index contributed by atoms with van der Waals surface area (Å²) in [5, 5.41) is 0. The van der Waals surface area contributed by atoms with Crippen molar-refractivity contribution in [3.8, 4) is 0 Å². The largest absolute Gasteiger partial charge is 0.392 e. The molecule has 0 aliphatic carbocycles. The number of hydrogen-bond donors (Lipinski definition) is 1. The van der Waals surface area contributed by atoms with E-state index in [9.17, 15) is 4.79 Å². The van der Waals surface area contributed by atoms with Gasteiger partial charge in [-0.15, -0.1) is 0 Å². The molecule has 1 saturated heterocycles. The highest BCUT2D eigenvalue weighted by Gasteiger charge is 2.29. The van der Waals surface area contributed by atoms with Crippen molar-refractivity contribution < 1.29 is 4.79 Å². The number of nitrogens with two attached hydrogens (primary N) is 1. The molecule has 2 rings (SSSR count). The molecule has 2 N–H and O–H groups in total. The van der Waals surface area contributed by atoms with Crippen LogP contribution in [0.25, 0.3) is 0 Å². The van der Waals surface area contributed by atoms with Crippen LogP contribution in [0.3, 0.4) is 0 Å². The lowest BCUT2D eigenvalue weighted by atomic mass is 9.99. The van der Waals surface area contributed by atoms with Crippen LogP contribution in [0.1, 0.15) is 54.9 Å². The molecule has 0 saturated carbocycles. The highest BCUT2D eigenvalue weighted by Crippen LogP contribution is 2.21. The maximum absolute atomic E-state index is 12.6. The molecule has 0 bridgehead atoms. The maximum Gasteiger partial charge on any atom is 0.254 e. The van der Waals surface area contributed by atoms with Crippen LogP contribution in [0.2, 0.25) is 0 Å². The van der Waals surface area contributed by atoms with Gasteiger partial charge in [-0.1, -0.05) is 38.2 Å². The summed E-state index contributed by atoms with van der Waals surface area (Å²) in [4.78, 5) is 14.9. The zero-order valence-corrected chi connectivity index (χ0v) is 13.0. The molecule has 1 atom stereocenters. The third-order valence-electron chi connectivity index (χ3n) is 3.92. The smallest absolute Gasteiger partial charge is 0.254 e. The minimum absolute atomic E-state index is 0.0396. The number of carbonyl (C=O) groups excluding carboxylic acids is 1. The Morgan fingerprint density at radius 2 is 1.95 bits per heavy atom. The molecule has 1 amide bonds. The van der Waals surface area contributed by atoms with Crippen molar-refractivity contribution in [2.75, 3.05) is 6.54 Å². The Balaban J connectivity index is 2.18. The van der Waals surface area contributed by atoms with Crippen LogP contribution in [0, 0.1) is 0 Å². The normalized spacial score (nSPS) is 19.1. The van der Waals surface area contributed by atoms with Gasteiger partial charge in [0, 0.05) is 12.1 Å². The summed E-state index contributed by atoms with van der Waals surface area (Å²) in [5.41, 5.74) is 7.74. The zero-order chi connectivity index (χ0) is 14.7. The molecule has 1 heterocycles. The van der Waals surface area contributed by atoms with Crippen molar-refractivity contribution in [3.63, 3.8) is 0 Å². The number of thiocarbonyl (C=S) groups is 1. The number of nitrogens with zero attached hydrogens (tertiary/aromatic N) is 1. The predicted octanol–water partition coefficient (Wildman–Crippen LogP) is 3.09. The van der Waals surface area contributed by atoms with Crippen molar-refractivity contribution in [2.24, 2.45) is 5.73 Å². The number of rotatable bonds is 3. The van der Waals surface area contributed by atoms with Gasteiger partial charge in [0.15, 0.2) is 0 Å². The molecule has 108 valence electrons. The SMILES string of the molecule is CC(C)c1ccc(C(=O)N2CCCCC2C(N)=S)cc1. The predicted molar refractivity (Wildman–Crippen MR) is 86.0 cm³/mol. The third-order valence-corrected chi connectivity index (χ3v) is 4.19. The van der Waals surface area contributed by atoms with E-state index < -0.39 is 0 Å². The van der Waals surface area contributed by atoms with Gasteiger partial charge in [-0.25, -0.2) is 0 Å². The van der Waals surface area contributed by atoms with Crippen molar-refractivity contribution in [1.29, 1.82) is 0 Å². The topological polar surface area (TPSA) is 46.3 Å². The molecule has 0 aromatic heterocycles. The summed E-state index contributed by atoms with van der Waals surface area (Å²) < 4.78 is 0. The molecule has 1 aliphatic heterocycles. The Bertz CT molecular complexity index is 496. The second kappa shape index (κ2) is 6.35. The highest BCUT2D eigenvalue weighted by molar-refractivity contribution is 7.80. The van der Waals surface area contributed by atoms with Crippen LogP contribution in [-0.2, 0) is 0 Å². The molecule has 20 heavy (non-hydrogen) atoms. The average molecular weight is 290 g/mol. The van der Waals surface area contributed by atoms with Gasteiger partial charge in [-0.2, -0.15) is 0 Å². The van der Waals surface area contributed by atoms with Crippen LogP contribution >= 0.6 is 12.2 Å². The van der Waals surface area contributed by atoms with Gasteiger partial charge in [0.05, 0.1) is 11.0 Å². The van der Waals surface area contributed by atoms with E-state index in [2.05, 4.69) is 13.8 Å². The second-order valence-electron chi connectivity index (χ2n) is 5.69. The number of amides is 1. The van der Waals surface area contributed by atoms with Gasteiger partial charge in [0.1, 0.15) is 0 Å². The summed E-state index contributed by atoms with van der Waals surface area (Å²) in [5.74, 6) is 0.510. The van der Waals surface area contributed by atoms with Gasteiger partial charge in [-0.3, -0.25) is 4.79 Å². The monoisotopic (exact) mass is 290 g/mol. The number of likely N-dealkylation sites (tertiary alicyclic amines) is 1. The molecular weight excluding hydrogens is 268 g/mol. The quantitative estimate of drug-likeness (QED) is 0.870. The van der Waals surface area contributed by atoms with Gasteiger partial charge >= 0.3 is 0 Å². The molecule has 1 fully saturated rings. The van der Waals surface area contributed by atoms with Crippen LogP contribution in [0.4, 0.5) is 0 Å². The first kappa shape index (κ1) is 15.0. The Kier molecular flexibility index (Phi) is 4.76. The van der Waals surface area contributed by atoms with E-state index >= 15 is 0 Å². The fourth-order valence-corrected chi connectivity index (χ4v) is 2.89. The van der Waals surface area contributed by atoms with Crippen LogP contribution in [0.5, 0.6) is 0 Å². The molecule has 3 nitrogen and oxygen atoms in total. The fraction of sp³-hybridized carbons (Fsp3) is 0.500. The summed E-state index contributed by atoms with van der Waals surface area (Å²) in [6.45, 7) is 5.03. The Hall–Kier alpha value is -1.42. The lowest BCUT2D eigenvalue weighted by Crippen LogP contribution is -2.49. The molecule has 4 heteroatoms. The standard InChI is InChI=1S/C16H22N2OS/c1-11(2)12-6-8-13(9-7-12)16(19)18-10-4-3-5-14(18)15(17)20/h6-9,11,14H,3-5,10H2,1-2H3,(H2,17,20). The number of hydrogen-bond acceptors (Lipinski definition) is 2. The van der Waals surface area contributed by atoms with Crippen molar-refractivity contribution in [2.45, 2.75) is 45.1 Å². The van der Waals surface area contributed by atoms with E-state index in [4.69, 9.17) is 18.0 Å². The molecule has 1 unspecified atom stereocenters. The van der Waals surface area contributed by atoms with Gasteiger partial charge in [-0.05, 0) is 42.9 Å². The van der Waals surface area contributed by atoms with Crippen LogP contribution in [-0.4, -0.2) is 28.4 Å². The molecule has 1 aromatic carbocycles. The van der Waals surface area contributed by atoms with E-state index in [-0.39, 0.29) is 11.9 Å². The molecule has 1 aromatic rings. The van der Waals surface area contributed by atoms with E-state index in [1.54, 1.807) is 0 Å². The fourth-order valence-electron chi connectivity index (χ4n) is 2.65. The third kappa shape index (κ3) is 3.18. The average Bonchev–Trinajstić information content (AvgIpc) is 2.46. The highest BCUT2D eigenvalue weighted by atomic mass is 32.1.